The maximum absolute atomic E-state index is 4.53. The summed E-state index contributed by atoms with van der Waals surface area (Å²) in [5.41, 5.74) is 2.02. The van der Waals surface area contributed by atoms with Gasteiger partial charge in [-0.25, -0.2) is 4.52 Å². The van der Waals surface area contributed by atoms with Crippen molar-refractivity contribution < 1.29 is 0 Å². The number of hydrogen-bond donors (Lipinski definition) is 1. The molecule has 102 valence electrons. The summed E-state index contributed by atoms with van der Waals surface area (Å²) in [6.07, 6.45) is 2.34. The van der Waals surface area contributed by atoms with Crippen LogP contribution in [0.5, 0.6) is 0 Å². The van der Waals surface area contributed by atoms with Crippen molar-refractivity contribution in [2.24, 2.45) is 0 Å². The topological polar surface area (TPSA) is 45.5 Å². The Bertz CT molecular complexity index is 554. The summed E-state index contributed by atoms with van der Waals surface area (Å²) in [4.78, 5) is 7.02. The molecular formula is C14H21N5. The van der Waals surface area contributed by atoms with Gasteiger partial charge >= 0.3 is 0 Å². The van der Waals surface area contributed by atoms with E-state index < -0.39 is 0 Å². The van der Waals surface area contributed by atoms with Crippen LogP contribution in [0.1, 0.15) is 25.5 Å². The highest BCUT2D eigenvalue weighted by molar-refractivity contribution is 5.44. The maximum atomic E-state index is 4.53. The molecule has 0 amide bonds. The van der Waals surface area contributed by atoms with Crippen molar-refractivity contribution in [3.8, 4) is 0 Å². The van der Waals surface area contributed by atoms with Crippen LogP contribution in [0.2, 0.25) is 0 Å². The van der Waals surface area contributed by atoms with Gasteiger partial charge in [-0.15, -0.1) is 5.10 Å². The van der Waals surface area contributed by atoms with Crippen LogP contribution >= 0.6 is 0 Å². The number of likely N-dealkylation sites (tertiary alicyclic amines) is 1. The van der Waals surface area contributed by atoms with Crippen LogP contribution in [-0.2, 0) is 0 Å². The Balaban J connectivity index is 1.70. The fraction of sp³-hybridized carbons (Fsp3) is 0.571. The Morgan fingerprint density at radius 2 is 2.11 bits per heavy atom. The highest BCUT2D eigenvalue weighted by Crippen LogP contribution is 2.15. The van der Waals surface area contributed by atoms with Gasteiger partial charge in [0, 0.05) is 24.8 Å². The van der Waals surface area contributed by atoms with E-state index in [1.54, 1.807) is 0 Å². The van der Waals surface area contributed by atoms with E-state index in [1.807, 2.05) is 29.6 Å². The minimum Gasteiger partial charge on any atom is -0.350 e. The molecule has 19 heavy (non-hydrogen) atoms. The van der Waals surface area contributed by atoms with E-state index in [9.17, 15) is 0 Å². The Morgan fingerprint density at radius 1 is 1.32 bits per heavy atom. The number of aryl methyl sites for hydroxylation is 1. The molecule has 0 saturated carbocycles. The van der Waals surface area contributed by atoms with Gasteiger partial charge in [0.1, 0.15) is 0 Å². The van der Waals surface area contributed by atoms with Gasteiger partial charge in [-0.2, -0.15) is 4.98 Å². The zero-order valence-corrected chi connectivity index (χ0v) is 11.6. The third-order valence-electron chi connectivity index (χ3n) is 3.92. The van der Waals surface area contributed by atoms with Gasteiger partial charge in [0.15, 0.2) is 5.65 Å². The summed E-state index contributed by atoms with van der Waals surface area (Å²) < 4.78 is 1.89. The van der Waals surface area contributed by atoms with Crippen LogP contribution in [0.15, 0.2) is 18.2 Å². The Kier molecular flexibility index (Phi) is 3.38. The number of aromatic nitrogens is 3. The molecular weight excluding hydrogens is 238 g/mol. The molecule has 1 fully saturated rings. The van der Waals surface area contributed by atoms with Crippen molar-refractivity contribution in [2.75, 3.05) is 25.0 Å². The lowest BCUT2D eigenvalue weighted by Gasteiger charge is -2.31. The van der Waals surface area contributed by atoms with Crippen molar-refractivity contribution in [2.45, 2.75) is 32.7 Å². The summed E-state index contributed by atoms with van der Waals surface area (Å²) in [5, 5.41) is 8.00. The summed E-state index contributed by atoms with van der Waals surface area (Å²) in [6, 6.07) is 6.55. The molecule has 3 rings (SSSR count). The molecule has 1 aliphatic heterocycles. The number of pyridine rings is 1. The fourth-order valence-corrected chi connectivity index (χ4v) is 2.67. The standard InChI is InChI=1S/C14H21N5/c1-3-18-9-7-12(8-10-18)15-14-16-13-6-4-5-11(2)19(13)17-14/h4-6,12H,3,7-10H2,1-2H3,(H,15,17). The molecule has 0 atom stereocenters. The predicted octanol–water partition coefficient (Wildman–Crippen LogP) is 1.93. The van der Waals surface area contributed by atoms with Crippen molar-refractivity contribution in [3.05, 3.63) is 23.9 Å². The lowest BCUT2D eigenvalue weighted by Crippen LogP contribution is -2.39. The van der Waals surface area contributed by atoms with E-state index >= 15 is 0 Å². The normalized spacial score (nSPS) is 18.0. The average Bonchev–Trinajstić information content (AvgIpc) is 2.84. The first kappa shape index (κ1) is 12.4. The minimum absolute atomic E-state index is 0.500. The summed E-state index contributed by atoms with van der Waals surface area (Å²) >= 11 is 0. The first-order valence-electron chi connectivity index (χ1n) is 7.07. The number of rotatable bonds is 3. The largest absolute Gasteiger partial charge is 0.350 e. The molecule has 5 nitrogen and oxygen atoms in total. The molecule has 0 aromatic carbocycles. The first-order valence-corrected chi connectivity index (χ1v) is 7.07. The molecule has 1 saturated heterocycles. The second-order valence-corrected chi connectivity index (χ2v) is 5.23. The quantitative estimate of drug-likeness (QED) is 0.915. The number of nitrogens with one attached hydrogen (secondary N) is 1. The number of piperidine rings is 1. The molecule has 5 heteroatoms. The number of hydrogen-bond acceptors (Lipinski definition) is 4. The van der Waals surface area contributed by atoms with Gasteiger partial charge in [-0.05, 0) is 38.4 Å². The summed E-state index contributed by atoms with van der Waals surface area (Å²) in [6.45, 7) is 7.76. The monoisotopic (exact) mass is 259 g/mol. The van der Waals surface area contributed by atoms with Gasteiger partial charge in [0.05, 0.1) is 0 Å². The summed E-state index contributed by atoms with van der Waals surface area (Å²) in [5.74, 6) is 0.754. The second kappa shape index (κ2) is 5.17. The second-order valence-electron chi connectivity index (χ2n) is 5.23. The van der Waals surface area contributed by atoms with Crippen molar-refractivity contribution in [1.29, 1.82) is 0 Å². The van der Waals surface area contributed by atoms with Gasteiger partial charge in [0.2, 0.25) is 5.95 Å². The third kappa shape index (κ3) is 2.56. The van der Waals surface area contributed by atoms with E-state index in [0.29, 0.717) is 6.04 Å². The average molecular weight is 259 g/mol. The zero-order chi connectivity index (χ0) is 13.2. The van der Waals surface area contributed by atoms with Crippen LogP contribution in [-0.4, -0.2) is 45.2 Å². The van der Waals surface area contributed by atoms with E-state index in [1.165, 1.54) is 25.9 Å². The van der Waals surface area contributed by atoms with Crippen molar-refractivity contribution in [3.63, 3.8) is 0 Å². The van der Waals surface area contributed by atoms with E-state index in [0.717, 1.165) is 23.8 Å². The lowest BCUT2D eigenvalue weighted by molar-refractivity contribution is 0.229. The molecule has 2 aromatic heterocycles. The smallest absolute Gasteiger partial charge is 0.243 e. The SMILES string of the molecule is CCN1CCC(Nc2nc3cccc(C)n3n2)CC1. The molecule has 0 aliphatic carbocycles. The summed E-state index contributed by atoms with van der Waals surface area (Å²) in [7, 11) is 0. The van der Waals surface area contributed by atoms with E-state index in [4.69, 9.17) is 0 Å². The van der Waals surface area contributed by atoms with Crippen molar-refractivity contribution >= 4 is 11.6 Å². The Morgan fingerprint density at radius 3 is 2.79 bits per heavy atom. The fourth-order valence-electron chi connectivity index (χ4n) is 2.67. The molecule has 0 bridgehead atoms. The van der Waals surface area contributed by atoms with Crippen LogP contribution in [0, 0.1) is 6.92 Å². The van der Waals surface area contributed by atoms with E-state index in [-0.39, 0.29) is 0 Å². The number of anilines is 1. The van der Waals surface area contributed by atoms with Crippen LogP contribution < -0.4 is 5.32 Å². The third-order valence-corrected chi connectivity index (χ3v) is 3.92. The lowest BCUT2D eigenvalue weighted by atomic mass is 10.1. The molecule has 0 unspecified atom stereocenters. The minimum atomic E-state index is 0.500. The number of nitrogens with zero attached hydrogens (tertiary/aromatic N) is 4. The molecule has 0 radical (unpaired) electrons. The zero-order valence-electron chi connectivity index (χ0n) is 11.6. The molecule has 2 aromatic rings. The van der Waals surface area contributed by atoms with Gasteiger partial charge < -0.3 is 10.2 Å². The molecule has 0 spiro atoms. The highest BCUT2D eigenvalue weighted by atomic mass is 15.4. The van der Waals surface area contributed by atoms with E-state index in [2.05, 4.69) is 27.2 Å². The Hall–Kier alpha value is -1.62. The maximum Gasteiger partial charge on any atom is 0.243 e. The molecule has 1 aliphatic rings. The van der Waals surface area contributed by atoms with Gasteiger partial charge in [0.25, 0.3) is 0 Å². The van der Waals surface area contributed by atoms with Crippen LogP contribution in [0.25, 0.3) is 5.65 Å². The van der Waals surface area contributed by atoms with Crippen LogP contribution in [0.3, 0.4) is 0 Å². The molecule has 3 heterocycles. The molecule has 1 N–H and O–H groups in total. The number of fused-ring (bicyclic) bond motifs is 1. The first-order chi connectivity index (χ1) is 9.26. The van der Waals surface area contributed by atoms with Crippen molar-refractivity contribution in [1.82, 2.24) is 19.5 Å². The van der Waals surface area contributed by atoms with Gasteiger partial charge in [-0.3, -0.25) is 0 Å². The Labute approximate surface area is 113 Å². The predicted molar refractivity (Wildman–Crippen MR) is 76.5 cm³/mol. The van der Waals surface area contributed by atoms with Crippen LogP contribution in [0.4, 0.5) is 5.95 Å². The highest BCUT2D eigenvalue weighted by Gasteiger charge is 2.19. The van der Waals surface area contributed by atoms with Gasteiger partial charge in [-0.1, -0.05) is 13.0 Å².